The lowest BCUT2D eigenvalue weighted by atomic mass is 10.2. The Balaban J connectivity index is 1.55. The van der Waals surface area contributed by atoms with Gasteiger partial charge in [-0.2, -0.15) is 0 Å². The molecule has 0 unspecified atom stereocenters. The third kappa shape index (κ3) is 4.06. The highest BCUT2D eigenvalue weighted by Gasteiger charge is 2.16. The predicted molar refractivity (Wildman–Crippen MR) is 92.7 cm³/mol. The van der Waals surface area contributed by atoms with Gasteiger partial charge >= 0.3 is 6.03 Å². The molecule has 1 aromatic heterocycles. The number of nitrogens with one attached hydrogen (secondary N) is 1. The molecule has 1 aliphatic heterocycles. The number of rotatable bonds is 4. The van der Waals surface area contributed by atoms with Gasteiger partial charge in [0, 0.05) is 31.6 Å². The molecule has 1 aliphatic rings. The van der Waals surface area contributed by atoms with Gasteiger partial charge in [0.1, 0.15) is 5.82 Å². The number of carbonyl (C=O) groups is 1. The van der Waals surface area contributed by atoms with Crippen LogP contribution in [0.3, 0.4) is 0 Å². The van der Waals surface area contributed by atoms with Crippen LogP contribution in [0.15, 0.2) is 24.3 Å². The molecule has 0 bridgehead atoms. The SMILES string of the molecule is CN(Cc1ccc(Cl)cc1)C(=O)NCc1nnc2n1CCCCC2. The van der Waals surface area contributed by atoms with E-state index >= 15 is 0 Å². The number of benzene rings is 1. The van der Waals surface area contributed by atoms with Gasteiger partial charge in [-0.15, -0.1) is 10.2 Å². The fourth-order valence-electron chi connectivity index (χ4n) is 2.90. The standard InChI is InChI=1S/C17H22ClN5O/c1-22(12-13-6-8-14(18)9-7-13)17(24)19-11-16-21-20-15-5-3-2-4-10-23(15)16/h6-9H,2-5,10-12H2,1H3,(H,19,24). The van der Waals surface area contributed by atoms with Gasteiger partial charge in [0.25, 0.3) is 0 Å². The van der Waals surface area contributed by atoms with Crippen molar-refractivity contribution in [3.63, 3.8) is 0 Å². The zero-order chi connectivity index (χ0) is 16.9. The smallest absolute Gasteiger partial charge is 0.317 e. The minimum Gasteiger partial charge on any atom is -0.331 e. The molecule has 1 N–H and O–H groups in total. The Morgan fingerprint density at radius 2 is 2.04 bits per heavy atom. The van der Waals surface area contributed by atoms with Crippen molar-refractivity contribution < 1.29 is 4.79 Å². The quantitative estimate of drug-likeness (QED) is 0.924. The number of hydrogen-bond donors (Lipinski definition) is 1. The summed E-state index contributed by atoms with van der Waals surface area (Å²) in [5, 5.41) is 12.1. The van der Waals surface area contributed by atoms with Gasteiger partial charge in [-0.1, -0.05) is 30.2 Å². The van der Waals surface area contributed by atoms with Crippen LogP contribution in [0.5, 0.6) is 0 Å². The molecule has 6 nitrogen and oxygen atoms in total. The first-order valence-electron chi connectivity index (χ1n) is 8.28. The molecule has 7 heteroatoms. The lowest BCUT2D eigenvalue weighted by Crippen LogP contribution is -2.37. The van der Waals surface area contributed by atoms with Gasteiger partial charge in [-0.25, -0.2) is 4.79 Å². The van der Waals surface area contributed by atoms with E-state index in [2.05, 4.69) is 20.1 Å². The minimum absolute atomic E-state index is 0.129. The molecule has 2 amide bonds. The van der Waals surface area contributed by atoms with Crippen LogP contribution in [0.2, 0.25) is 5.02 Å². The van der Waals surface area contributed by atoms with Crippen molar-refractivity contribution in [3.8, 4) is 0 Å². The van der Waals surface area contributed by atoms with Crippen molar-refractivity contribution in [1.82, 2.24) is 25.0 Å². The van der Waals surface area contributed by atoms with Crippen LogP contribution in [0.4, 0.5) is 4.79 Å². The largest absolute Gasteiger partial charge is 0.331 e. The van der Waals surface area contributed by atoms with E-state index in [0.29, 0.717) is 18.1 Å². The molecule has 24 heavy (non-hydrogen) atoms. The zero-order valence-electron chi connectivity index (χ0n) is 13.8. The highest BCUT2D eigenvalue weighted by atomic mass is 35.5. The summed E-state index contributed by atoms with van der Waals surface area (Å²) in [7, 11) is 1.77. The average molecular weight is 348 g/mol. The summed E-state index contributed by atoms with van der Waals surface area (Å²) >= 11 is 5.88. The minimum atomic E-state index is -0.129. The molecule has 2 aromatic rings. The Labute approximate surface area is 146 Å². The van der Waals surface area contributed by atoms with E-state index in [1.807, 2.05) is 24.3 Å². The van der Waals surface area contributed by atoms with E-state index in [1.165, 1.54) is 6.42 Å². The Morgan fingerprint density at radius 3 is 2.83 bits per heavy atom. The number of hydrogen-bond acceptors (Lipinski definition) is 3. The number of aromatic nitrogens is 3. The highest BCUT2D eigenvalue weighted by molar-refractivity contribution is 6.30. The molecule has 0 spiro atoms. The van der Waals surface area contributed by atoms with Crippen molar-refractivity contribution in [2.24, 2.45) is 0 Å². The van der Waals surface area contributed by atoms with E-state index in [0.717, 1.165) is 43.0 Å². The molecule has 0 radical (unpaired) electrons. The van der Waals surface area contributed by atoms with Crippen molar-refractivity contribution >= 4 is 17.6 Å². The first kappa shape index (κ1) is 16.8. The first-order valence-corrected chi connectivity index (χ1v) is 8.65. The number of nitrogens with zero attached hydrogens (tertiary/aromatic N) is 4. The molecule has 3 rings (SSSR count). The normalized spacial score (nSPS) is 13.9. The van der Waals surface area contributed by atoms with Crippen LogP contribution in [0.25, 0.3) is 0 Å². The Morgan fingerprint density at radius 1 is 1.25 bits per heavy atom. The number of urea groups is 1. The van der Waals surface area contributed by atoms with E-state index in [1.54, 1.807) is 11.9 Å². The van der Waals surface area contributed by atoms with Crippen molar-refractivity contribution in [2.75, 3.05) is 7.05 Å². The number of fused-ring (bicyclic) bond motifs is 1. The van der Waals surface area contributed by atoms with E-state index < -0.39 is 0 Å². The molecule has 2 heterocycles. The molecule has 0 fully saturated rings. The van der Waals surface area contributed by atoms with E-state index in [9.17, 15) is 4.79 Å². The number of halogens is 1. The lowest BCUT2D eigenvalue weighted by molar-refractivity contribution is 0.206. The molecule has 128 valence electrons. The lowest BCUT2D eigenvalue weighted by Gasteiger charge is -2.18. The van der Waals surface area contributed by atoms with Gasteiger partial charge < -0.3 is 14.8 Å². The number of aryl methyl sites for hydroxylation is 1. The maximum atomic E-state index is 12.3. The molecule has 0 aliphatic carbocycles. The van der Waals surface area contributed by atoms with Crippen LogP contribution in [0, 0.1) is 0 Å². The molecule has 0 atom stereocenters. The maximum absolute atomic E-state index is 12.3. The summed E-state index contributed by atoms with van der Waals surface area (Å²) in [5.74, 6) is 1.87. The van der Waals surface area contributed by atoms with Crippen LogP contribution in [-0.4, -0.2) is 32.7 Å². The topological polar surface area (TPSA) is 63.1 Å². The second kappa shape index (κ2) is 7.66. The average Bonchev–Trinajstić information content (AvgIpc) is 2.81. The second-order valence-electron chi connectivity index (χ2n) is 6.14. The fourth-order valence-corrected chi connectivity index (χ4v) is 3.03. The van der Waals surface area contributed by atoms with Crippen molar-refractivity contribution in [2.45, 2.75) is 45.3 Å². The van der Waals surface area contributed by atoms with Gasteiger partial charge in [0.05, 0.1) is 6.54 Å². The monoisotopic (exact) mass is 347 g/mol. The van der Waals surface area contributed by atoms with E-state index in [-0.39, 0.29) is 6.03 Å². The highest BCUT2D eigenvalue weighted by Crippen LogP contribution is 2.14. The van der Waals surface area contributed by atoms with Crippen molar-refractivity contribution in [1.29, 1.82) is 0 Å². The third-order valence-corrected chi connectivity index (χ3v) is 4.52. The van der Waals surface area contributed by atoms with Crippen LogP contribution in [0.1, 0.15) is 36.5 Å². The van der Waals surface area contributed by atoms with Crippen LogP contribution >= 0.6 is 11.6 Å². The molecular weight excluding hydrogens is 326 g/mol. The summed E-state index contributed by atoms with van der Waals surface area (Å²) < 4.78 is 2.15. The van der Waals surface area contributed by atoms with Gasteiger partial charge in [-0.3, -0.25) is 0 Å². The van der Waals surface area contributed by atoms with Crippen LogP contribution < -0.4 is 5.32 Å². The summed E-state index contributed by atoms with van der Waals surface area (Å²) in [4.78, 5) is 13.9. The summed E-state index contributed by atoms with van der Waals surface area (Å²) in [6.45, 7) is 1.87. The summed E-state index contributed by atoms with van der Waals surface area (Å²) in [5.41, 5.74) is 1.04. The summed E-state index contributed by atoms with van der Waals surface area (Å²) in [6, 6.07) is 7.37. The molecular formula is C17H22ClN5O. The first-order chi connectivity index (χ1) is 11.6. The van der Waals surface area contributed by atoms with Crippen molar-refractivity contribution in [3.05, 3.63) is 46.5 Å². The van der Waals surface area contributed by atoms with E-state index in [4.69, 9.17) is 11.6 Å². The van der Waals surface area contributed by atoms with Gasteiger partial charge in [0.2, 0.25) is 0 Å². The molecule has 0 saturated heterocycles. The molecule has 0 saturated carbocycles. The van der Waals surface area contributed by atoms with Gasteiger partial charge in [-0.05, 0) is 30.5 Å². The third-order valence-electron chi connectivity index (χ3n) is 4.26. The molecule has 1 aromatic carbocycles. The maximum Gasteiger partial charge on any atom is 0.317 e. The van der Waals surface area contributed by atoms with Gasteiger partial charge in [0.15, 0.2) is 5.82 Å². The zero-order valence-corrected chi connectivity index (χ0v) is 14.6. The second-order valence-corrected chi connectivity index (χ2v) is 6.57. The Bertz CT molecular complexity index is 698. The number of carbonyl (C=O) groups excluding carboxylic acids is 1. The summed E-state index contributed by atoms with van der Waals surface area (Å²) in [6.07, 6.45) is 4.49. The number of amides is 2. The predicted octanol–water partition coefficient (Wildman–Crippen LogP) is 3.00. The Hall–Kier alpha value is -2.08. The fraction of sp³-hybridized carbons (Fsp3) is 0.471. The Kier molecular flexibility index (Phi) is 5.35. The van der Waals surface area contributed by atoms with Crippen LogP contribution in [-0.2, 0) is 26.1 Å².